The summed E-state index contributed by atoms with van der Waals surface area (Å²) in [6.45, 7) is 0. The van der Waals surface area contributed by atoms with Crippen LogP contribution in [0.2, 0.25) is 0 Å². The first-order valence-electron chi connectivity index (χ1n) is 16.9. The molecular formula is C45H26N4OS. The molecule has 238 valence electrons. The molecule has 5 nitrogen and oxygen atoms in total. The molecule has 51 heavy (non-hydrogen) atoms. The maximum Gasteiger partial charge on any atom is 0.238 e. The molecule has 4 aromatic heterocycles. The van der Waals surface area contributed by atoms with Gasteiger partial charge in [0.15, 0.2) is 11.6 Å². The smallest absolute Gasteiger partial charge is 0.238 e. The summed E-state index contributed by atoms with van der Waals surface area (Å²) < 4.78 is 10.9. The minimum absolute atomic E-state index is 0.593. The number of nitrogens with zero attached hydrogens (tertiary/aromatic N) is 4. The summed E-state index contributed by atoms with van der Waals surface area (Å²) in [5.74, 6) is 1.87. The number of fused-ring (bicyclic) bond motifs is 9. The van der Waals surface area contributed by atoms with Crippen molar-refractivity contribution < 1.29 is 4.42 Å². The van der Waals surface area contributed by atoms with E-state index in [2.05, 4.69) is 132 Å². The van der Waals surface area contributed by atoms with Crippen LogP contribution in [0.25, 0.3) is 104 Å². The van der Waals surface area contributed by atoms with E-state index in [0.29, 0.717) is 17.6 Å². The minimum Gasteiger partial charge on any atom is -0.455 e. The van der Waals surface area contributed by atoms with Gasteiger partial charge in [0.1, 0.15) is 11.2 Å². The molecule has 0 atom stereocenters. The summed E-state index contributed by atoms with van der Waals surface area (Å²) >= 11 is 1.77. The molecule has 11 aromatic rings. The Bertz CT molecular complexity index is 3100. The topological polar surface area (TPSA) is 56.7 Å². The van der Waals surface area contributed by atoms with Gasteiger partial charge in [-0.3, -0.25) is 4.57 Å². The lowest BCUT2D eigenvalue weighted by atomic mass is 10.0. The Kier molecular flexibility index (Phi) is 6.05. The van der Waals surface area contributed by atoms with Crippen LogP contribution >= 0.6 is 11.3 Å². The van der Waals surface area contributed by atoms with Gasteiger partial charge in [0.25, 0.3) is 0 Å². The Morgan fingerprint density at radius 3 is 1.90 bits per heavy atom. The molecule has 0 saturated heterocycles. The monoisotopic (exact) mass is 670 g/mol. The van der Waals surface area contributed by atoms with E-state index in [0.717, 1.165) is 70.7 Å². The zero-order valence-electron chi connectivity index (χ0n) is 27.1. The van der Waals surface area contributed by atoms with E-state index >= 15 is 0 Å². The SMILES string of the molecule is c1ccc(-c2nc(-c3cccc4c3sc3cc(-c5cccc6c5oc5ccccc56)ccc34)nc(-n3c4ccccc4c4ccccc43)n2)cc1. The maximum absolute atomic E-state index is 6.41. The third kappa shape index (κ3) is 4.30. The number of thiophene rings is 1. The molecule has 11 rings (SSSR count). The first-order chi connectivity index (χ1) is 25.3. The fraction of sp³-hybridized carbons (Fsp3) is 0. The molecule has 0 aliphatic rings. The Morgan fingerprint density at radius 2 is 1.10 bits per heavy atom. The van der Waals surface area contributed by atoms with Gasteiger partial charge in [0, 0.05) is 58.4 Å². The summed E-state index contributed by atoms with van der Waals surface area (Å²) in [6, 6.07) is 54.9. The minimum atomic E-state index is 0.593. The molecule has 0 N–H and O–H groups in total. The number of hydrogen-bond acceptors (Lipinski definition) is 5. The average molecular weight is 671 g/mol. The molecule has 0 bridgehead atoms. The summed E-state index contributed by atoms with van der Waals surface area (Å²) in [6.07, 6.45) is 0. The van der Waals surface area contributed by atoms with Crippen molar-refractivity contribution in [3.8, 4) is 39.9 Å². The van der Waals surface area contributed by atoms with Gasteiger partial charge in [0.2, 0.25) is 5.95 Å². The maximum atomic E-state index is 6.41. The normalized spacial score (nSPS) is 11.9. The van der Waals surface area contributed by atoms with Crippen molar-refractivity contribution in [2.75, 3.05) is 0 Å². The fourth-order valence-corrected chi connectivity index (χ4v) is 8.81. The molecule has 0 aliphatic heterocycles. The molecule has 6 heteroatoms. The highest BCUT2D eigenvalue weighted by Gasteiger charge is 2.20. The van der Waals surface area contributed by atoms with E-state index in [1.165, 1.54) is 15.5 Å². The molecule has 0 spiro atoms. The van der Waals surface area contributed by atoms with Crippen LogP contribution in [0.15, 0.2) is 162 Å². The number of para-hydroxylation sites is 4. The third-order valence-electron chi connectivity index (χ3n) is 9.89. The molecule has 0 amide bonds. The fourth-order valence-electron chi connectivity index (χ4n) is 7.56. The first-order valence-corrected chi connectivity index (χ1v) is 17.8. The van der Waals surface area contributed by atoms with Crippen molar-refractivity contribution in [2.24, 2.45) is 0 Å². The molecular weight excluding hydrogens is 645 g/mol. The first kappa shape index (κ1) is 28.2. The quantitative estimate of drug-likeness (QED) is 0.187. The Morgan fingerprint density at radius 1 is 0.451 bits per heavy atom. The highest BCUT2D eigenvalue weighted by Crippen LogP contribution is 2.43. The second kappa shape index (κ2) is 10.9. The van der Waals surface area contributed by atoms with E-state index in [1.807, 2.05) is 30.3 Å². The zero-order valence-corrected chi connectivity index (χ0v) is 27.9. The van der Waals surface area contributed by atoms with Gasteiger partial charge in [-0.15, -0.1) is 11.3 Å². The Hall–Kier alpha value is -6.63. The van der Waals surface area contributed by atoms with Gasteiger partial charge in [-0.05, 0) is 35.9 Å². The van der Waals surface area contributed by atoms with Crippen LogP contribution in [0.5, 0.6) is 0 Å². The summed E-state index contributed by atoms with van der Waals surface area (Å²) in [4.78, 5) is 15.5. The molecule has 7 aromatic carbocycles. The summed E-state index contributed by atoms with van der Waals surface area (Å²) in [7, 11) is 0. The lowest BCUT2D eigenvalue weighted by molar-refractivity contribution is 0.670. The molecule has 0 fully saturated rings. The van der Waals surface area contributed by atoms with Crippen LogP contribution in [0.4, 0.5) is 0 Å². The van der Waals surface area contributed by atoms with Crippen LogP contribution in [0.1, 0.15) is 0 Å². The van der Waals surface area contributed by atoms with Crippen molar-refractivity contribution in [1.29, 1.82) is 0 Å². The lowest BCUT2D eigenvalue weighted by Gasteiger charge is -2.11. The molecule has 0 unspecified atom stereocenters. The number of hydrogen-bond donors (Lipinski definition) is 0. The third-order valence-corrected chi connectivity index (χ3v) is 11.1. The predicted molar refractivity (Wildman–Crippen MR) is 211 cm³/mol. The van der Waals surface area contributed by atoms with Gasteiger partial charge in [0.05, 0.1) is 11.0 Å². The molecule has 0 saturated carbocycles. The van der Waals surface area contributed by atoms with Crippen LogP contribution in [-0.4, -0.2) is 19.5 Å². The van der Waals surface area contributed by atoms with Gasteiger partial charge in [-0.1, -0.05) is 127 Å². The summed E-state index contributed by atoms with van der Waals surface area (Å²) in [5, 5.41) is 6.98. The van der Waals surface area contributed by atoms with Crippen LogP contribution in [0, 0.1) is 0 Å². The second-order valence-corrected chi connectivity index (χ2v) is 13.8. The van der Waals surface area contributed by atoms with Crippen molar-refractivity contribution >= 4 is 75.3 Å². The standard InChI is InChI=1S/C45H26N4OS/c1-2-12-27(13-3-1)43-46-44(48-45(47-43)49-37-21-7-4-14-30(37)31-15-5-8-22-38(31)49)36-20-11-19-35-33-25-24-28(26-40(33)51-42(35)36)29-17-10-18-34-32-16-6-9-23-39(32)50-41(29)34/h1-26H. The van der Waals surface area contributed by atoms with E-state index < -0.39 is 0 Å². The van der Waals surface area contributed by atoms with Crippen molar-refractivity contribution in [2.45, 2.75) is 0 Å². The molecule has 0 aliphatic carbocycles. The number of furan rings is 1. The number of aromatic nitrogens is 4. The van der Waals surface area contributed by atoms with Crippen LogP contribution < -0.4 is 0 Å². The lowest BCUT2D eigenvalue weighted by Crippen LogP contribution is -2.06. The van der Waals surface area contributed by atoms with Crippen LogP contribution in [0.3, 0.4) is 0 Å². The number of rotatable bonds is 4. The predicted octanol–water partition coefficient (Wildman–Crippen LogP) is 12.2. The largest absolute Gasteiger partial charge is 0.455 e. The molecule has 0 radical (unpaired) electrons. The van der Waals surface area contributed by atoms with Crippen LogP contribution in [-0.2, 0) is 0 Å². The van der Waals surface area contributed by atoms with Crippen molar-refractivity contribution in [1.82, 2.24) is 19.5 Å². The Balaban J connectivity index is 1.13. The highest BCUT2D eigenvalue weighted by atomic mass is 32.1. The van der Waals surface area contributed by atoms with E-state index in [4.69, 9.17) is 19.4 Å². The second-order valence-electron chi connectivity index (χ2n) is 12.8. The van der Waals surface area contributed by atoms with E-state index in [-0.39, 0.29) is 0 Å². The van der Waals surface area contributed by atoms with Gasteiger partial charge in [-0.25, -0.2) is 4.98 Å². The van der Waals surface area contributed by atoms with Gasteiger partial charge < -0.3 is 4.42 Å². The highest BCUT2D eigenvalue weighted by molar-refractivity contribution is 7.26. The average Bonchev–Trinajstić information content (AvgIpc) is 3.87. The van der Waals surface area contributed by atoms with Crippen molar-refractivity contribution in [3.63, 3.8) is 0 Å². The van der Waals surface area contributed by atoms with E-state index in [9.17, 15) is 0 Å². The van der Waals surface area contributed by atoms with Crippen molar-refractivity contribution in [3.05, 3.63) is 158 Å². The van der Waals surface area contributed by atoms with Gasteiger partial charge >= 0.3 is 0 Å². The Labute approximate surface area is 295 Å². The van der Waals surface area contributed by atoms with Gasteiger partial charge in [-0.2, -0.15) is 9.97 Å². The zero-order chi connectivity index (χ0) is 33.5. The summed E-state index contributed by atoms with van der Waals surface area (Å²) in [5.41, 5.74) is 8.07. The number of benzene rings is 7. The molecule has 4 heterocycles. The van der Waals surface area contributed by atoms with E-state index in [1.54, 1.807) is 11.3 Å².